The van der Waals surface area contributed by atoms with Crippen LogP contribution in [0.15, 0.2) is 24.3 Å². The Kier molecular flexibility index (Phi) is 3.56. The standard InChI is InChI=1S/C12H13F3N2O/c13-9-3-1-8(2-4-9)6-16-11(18)10-5-12(14,15)7-17-10/h1-4,10,17H,5-7H2,(H,16,18). The van der Waals surface area contributed by atoms with Crippen molar-refractivity contribution in [2.45, 2.75) is 24.9 Å². The molecule has 1 atom stereocenters. The highest BCUT2D eigenvalue weighted by Gasteiger charge is 2.42. The molecule has 0 aliphatic carbocycles. The Balaban J connectivity index is 1.84. The van der Waals surface area contributed by atoms with Crippen LogP contribution in [0.1, 0.15) is 12.0 Å². The van der Waals surface area contributed by atoms with Gasteiger partial charge in [-0.15, -0.1) is 0 Å². The molecule has 18 heavy (non-hydrogen) atoms. The van der Waals surface area contributed by atoms with Gasteiger partial charge in [-0.05, 0) is 17.7 Å². The van der Waals surface area contributed by atoms with Crippen LogP contribution in [0.5, 0.6) is 0 Å². The molecule has 1 unspecified atom stereocenters. The summed E-state index contributed by atoms with van der Waals surface area (Å²) in [6, 6.07) is 4.77. The van der Waals surface area contributed by atoms with Crippen molar-refractivity contribution >= 4 is 5.91 Å². The average molecular weight is 258 g/mol. The SMILES string of the molecule is O=C(NCc1ccc(F)cc1)C1CC(F)(F)CN1. The van der Waals surface area contributed by atoms with Crippen LogP contribution >= 0.6 is 0 Å². The molecule has 1 aliphatic heterocycles. The van der Waals surface area contributed by atoms with Gasteiger partial charge in [0.15, 0.2) is 0 Å². The van der Waals surface area contributed by atoms with Crippen LogP contribution in [0, 0.1) is 5.82 Å². The second-order valence-corrected chi connectivity index (χ2v) is 4.34. The highest BCUT2D eigenvalue weighted by molar-refractivity contribution is 5.82. The number of carbonyl (C=O) groups excluding carboxylic acids is 1. The first-order chi connectivity index (χ1) is 8.46. The molecule has 0 saturated carbocycles. The van der Waals surface area contributed by atoms with Crippen LogP contribution in [0.4, 0.5) is 13.2 Å². The maximum atomic E-state index is 12.9. The minimum Gasteiger partial charge on any atom is -0.351 e. The van der Waals surface area contributed by atoms with Gasteiger partial charge in [-0.1, -0.05) is 12.1 Å². The average Bonchev–Trinajstić information content (AvgIpc) is 2.69. The predicted molar refractivity (Wildman–Crippen MR) is 59.6 cm³/mol. The summed E-state index contributed by atoms with van der Waals surface area (Å²) in [5, 5.41) is 5.01. The van der Waals surface area contributed by atoms with Gasteiger partial charge in [0, 0.05) is 13.0 Å². The fraction of sp³-hybridized carbons (Fsp3) is 0.417. The van der Waals surface area contributed by atoms with Gasteiger partial charge in [-0.25, -0.2) is 13.2 Å². The van der Waals surface area contributed by atoms with Crippen molar-refractivity contribution in [3.63, 3.8) is 0 Å². The summed E-state index contributed by atoms with van der Waals surface area (Å²) in [6.07, 6.45) is -0.484. The zero-order valence-corrected chi connectivity index (χ0v) is 9.55. The highest BCUT2D eigenvalue weighted by atomic mass is 19.3. The van der Waals surface area contributed by atoms with Crippen molar-refractivity contribution in [1.82, 2.24) is 10.6 Å². The predicted octanol–water partition coefficient (Wildman–Crippen LogP) is 1.44. The van der Waals surface area contributed by atoms with E-state index < -0.39 is 30.8 Å². The molecule has 1 aromatic rings. The molecule has 2 rings (SSSR count). The Bertz CT molecular complexity index is 433. The lowest BCUT2D eigenvalue weighted by Crippen LogP contribution is -2.40. The highest BCUT2D eigenvalue weighted by Crippen LogP contribution is 2.25. The van der Waals surface area contributed by atoms with Crippen molar-refractivity contribution < 1.29 is 18.0 Å². The third-order valence-corrected chi connectivity index (χ3v) is 2.81. The molecule has 2 N–H and O–H groups in total. The van der Waals surface area contributed by atoms with E-state index in [0.717, 1.165) is 5.56 Å². The van der Waals surface area contributed by atoms with E-state index in [2.05, 4.69) is 10.6 Å². The third kappa shape index (κ3) is 3.22. The van der Waals surface area contributed by atoms with Gasteiger partial charge >= 0.3 is 0 Å². The minimum absolute atomic E-state index is 0.197. The number of nitrogens with one attached hydrogen (secondary N) is 2. The summed E-state index contributed by atoms with van der Waals surface area (Å²) in [5.41, 5.74) is 0.717. The van der Waals surface area contributed by atoms with Crippen molar-refractivity contribution in [1.29, 1.82) is 0 Å². The molecule has 1 aromatic carbocycles. The molecular formula is C12H13F3N2O. The summed E-state index contributed by atoms with van der Waals surface area (Å²) in [4.78, 5) is 11.6. The number of amides is 1. The Morgan fingerprint density at radius 2 is 2.06 bits per heavy atom. The number of halogens is 3. The molecule has 0 spiro atoms. The number of benzene rings is 1. The molecule has 0 aromatic heterocycles. The Morgan fingerprint density at radius 3 is 2.61 bits per heavy atom. The summed E-state index contributed by atoms with van der Waals surface area (Å²) >= 11 is 0. The van der Waals surface area contributed by atoms with E-state index in [-0.39, 0.29) is 12.4 Å². The van der Waals surface area contributed by atoms with Crippen molar-refractivity contribution in [2.75, 3.05) is 6.54 Å². The largest absolute Gasteiger partial charge is 0.351 e. The Hall–Kier alpha value is -1.56. The van der Waals surface area contributed by atoms with E-state index in [1.165, 1.54) is 24.3 Å². The molecular weight excluding hydrogens is 245 g/mol. The number of hydrogen-bond donors (Lipinski definition) is 2. The molecule has 98 valence electrons. The molecule has 6 heteroatoms. The van der Waals surface area contributed by atoms with Crippen LogP contribution in [-0.2, 0) is 11.3 Å². The first-order valence-electron chi connectivity index (χ1n) is 5.60. The summed E-state index contributed by atoms with van der Waals surface area (Å²) in [6.45, 7) is -0.273. The molecule has 3 nitrogen and oxygen atoms in total. The van der Waals surface area contributed by atoms with Crippen LogP contribution in [-0.4, -0.2) is 24.4 Å². The fourth-order valence-electron chi connectivity index (χ4n) is 1.82. The second-order valence-electron chi connectivity index (χ2n) is 4.34. The van der Waals surface area contributed by atoms with Gasteiger partial charge in [0.2, 0.25) is 5.91 Å². The Labute approximate surface area is 102 Å². The zero-order chi connectivity index (χ0) is 13.2. The van der Waals surface area contributed by atoms with Crippen LogP contribution in [0.2, 0.25) is 0 Å². The molecule has 1 heterocycles. The van der Waals surface area contributed by atoms with E-state index in [1.54, 1.807) is 0 Å². The summed E-state index contributed by atoms with van der Waals surface area (Å²) in [5.74, 6) is -3.64. The molecule has 1 fully saturated rings. The van der Waals surface area contributed by atoms with Gasteiger partial charge in [0.1, 0.15) is 5.82 Å². The third-order valence-electron chi connectivity index (χ3n) is 2.81. The molecule has 1 aliphatic rings. The fourth-order valence-corrected chi connectivity index (χ4v) is 1.82. The van der Waals surface area contributed by atoms with Crippen LogP contribution < -0.4 is 10.6 Å². The van der Waals surface area contributed by atoms with E-state index in [4.69, 9.17) is 0 Å². The smallest absolute Gasteiger partial charge is 0.262 e. The lowest BCUT2D eigenvalue weighted by molar-refractivity contribution is -0.123. The molecule has 1 amide bonds. The van der Waals surface area contributed by atoms with E-state index in [0.29, 0.717) is 0 Å². The molecule has 0 bridgehead atoms. The monoisotopic (exact) mass is 258 g/mol. The number of rotatable bonds is 3. The van der Waals surface area contributed by atoms with Crippen LogP contribution in [0.25, 0.3) is 0 Å². The van der Waals surface area contributed by atoms with Gasteiger partial charge < -0.3 is 5.32 Å². The van der Waals surface area contributed by atoms with Gasteiger partial charge in [0.25, 0.3) is 5.92 Å². The van der Waals surface area contributed by atoms with E-state index in [1.807, 2.05) is 0 Å². The van der Waals surface area contributed by atoms with Gasteiger partial charge in [-0.2, -0.15) is 0 Å². The van der Waals surface area contributed by atoms with Crippen molar-refractivity contribution in [3.05, 3.63) is 35.6 Å². The van der Waals surface area contributed by atoms with Crippen molar-refractivity contribution in [3.8, 4) is 0 Å². The minimum atomic E-state index is -2.82. The lowest BCUT2D eigenvalue weighted by atomic mass is 10.1. The quantitative estimate of drug-likeness (QED) is 0.861. The van der Waals surface area contributed by atoms with Crippen LogP contribution in [0.3, 0.4) is 0 Å². The maximum absolute atomic E-state index is 12.9. The topological polar surface area (TPSA) is 41.1 Å². The maximum Gasteiger partial charge on any atom is 0.262 e. The number of alkyl halides is 2. The van der Waals surface area contributed by atoms with Crippen molar-refractivity contribution in [2.24, 2.45) is 0 Å². The summed E-state index contributed by atoms with van der Waals surface area (Å²) < 4.78 is 38.4. The van der Waals surface area contributed by atoms with E-state index in [9.17, 15) is 18.0 Å². The van der Waals surface area contributed by atoms with Gasteiger partial charge in [-0.3, -0.25) is 10.1 Å². The lowest BCUT2D eigenvalue weighted by Gasteiger charge is -2.11. The number of carbonyl (C=O) groups is 1. The first kappa shape index (κ1) is 12.9. The second kappa shape index (κ2) is 4.97. The molecule has 0 radical (unpaired) electrons. The first-order valence-corrected chi connectivity index (χ1v) is 5.60. The summed E-state index contributed by atoms with van der Waals surface area (Å²) in [7, 11) is 0. The molecule has 1 saturated heterocycles. The zero-order valence-electron chi connectivity index (χ0n) is 9.55. The normalized spacial score (nSPS) is 21.8. The number of hydrogen-bond acceptors (Lipinski definition) is 2. The van der Waals surface area contributed by atoms with E-state index >= 15 is 0 Å². The van der Waals surface area contributed by atoms with Gasteiger partial charge in [0.05, 0.1) is 12.6 Å². The Morgan fingerprint density at radius 1 is 1.39 bits per heavy atom.